The lowest BCUT2D eigenvalue weighted by molar-refractivity contribution is 0.0652. The second-order valence-corrected chi connectivity index (χ2v) is 7.93. The third-order valence-electron chi connectivity index (χ3n) is 4.98. The normalized spacial score (nSPS) is 16.3. The van der Waals surface area contributed by atoms with Crippen LogP contribution in [0.25, 0.3) is 0 Å². The van der Waals surface area contributed by atoms with E-state index in [1.807, 2.05) is 12.1 Å². The topological polar surface area (TPSA) is 68.5 Å². The van der Waals surface area contributed by atoms with E-state index in [9.17, 15) is 5.11 Å². The fourth-order valence-electron chi connectivity index (χ4n) is 3.49. The standard InChI is InChI=1S/C21H25N3O3S.ClH/c25-12-14-27-13-11-23-7-9-24(10-8-23)21-17-3-1-2-4-19(17)28-20-15-16(26)5-6-18(20)22-21;/h1-6,15,25-26H,7-14H2;1H. The van der Waals surface area contributed by atoms with Gasteiger partial charge in [0.2, 0.25) is 0 Å². The van der Waals surface area contributed by atoms with Crippen LogP contribution in [0.3, 0.4) is 0 Å². The third kappa shape index (κ3) is 5.24. The van der Waals surface area contributed by atoms with Gasteiger partial charge in [-0.15, -0.1) is 12.4 Å². The number of hydrogen-bond acceptors (Lipinski definition) is 7. The van der Waals surface area contributed by atoms with E-state index in [-0.39, 0.29) is 24.8 Å². The van der Waals surface area contributed by atoms with Crippen LogP contribution >= 0.6 is 24.2 Å². The number of aliphatic imine (C=N–C) groups is 1. The minimum Gasteiger partial charge on any atom is -0.508 e. The highest BCUT2D eigenvalue weighted by Gasteiger charge is 2.25. The van der Waals surface area contributed by atoms with Gasteiger partial charge < -0.3 is 19.8 Å². The van der Waals surface area contributed by atoms with E-state index in [0.29, 0.717) is 13.2 Å². The molecule has 1 fully saturated rings. The number of fused-ring (bicyclic) bond motifs is 2. The van der Waals surface area contributed by atoms with E-state index in [1.165, 1.54) is 0 Å². The summed E-state index contributed by atoms with van der Waals surface area (Å²) in [6.45, 7) is 5.74. The Bertz CT molecular complexity index is 857. The van der Waals surface area contributed by atoms with Crippen molar-refractivity contribution in [3.05, 3.63) is 48.0 Å². The zero-order valence-corrected chi connectivity index (χ0v) is 17.8. The van der Waals surface area contributed by atoms with Gasteiger partial charge in [0.15, 0.2) is 0 Å². The molecule has 2 aliphatic heterocycles. The van der Waals surface area contributed by atoms with Crippen molar-refractivity contribution in [1.29, 1.82) is 0 Å². The van der Waals surface area contributed by atoms with E-state index in [0.717, 1.165) is 59.6 Å². The Balaban J connectivity index is 0.00000240. The number of halogens is 1. The van der Waals surface area contributed by atoms with Gasteiger partial charge in [0, 0.05) is 48.1 Å². The molecule has 156 valence electrons. The Labute approximate surface area is 181 Å². The van der Waals surface area contributed by atoms with E-state index in [4.69, 9.17) is 14.8 Å². The van der Waals surface area contributed by atoms with Gasteiger partial charge in [0.05, 0.1) is 25.5 Å². The molecule has 2 aromatic rings. The summed E-state index contributed by atoms with van der Waals surface area (Å²) in [5.74, 6) is 1.27. The first-order valence-corrected chi connectivity index (χ1v) is 10.4. The first-order valence-electron chi connectivity index (χ1n) is 9.59. The van der Waals surface area contributed by atoms with Crippen molar-refractivity contribution in [2.24, 2.45) is 4.99 Å². The van der Waals surface area contributed by atoms with Crippen molar-refractivity contribution in [1.82, 2.24) is 9.80 Å². The number of benzene rings is 2. The monoisotopic (exact) mass is 435 g/mol. The van der Waals surface area contributed by atoms with Crippen molar-refractivity contribution in [2.45, 2.75) is 9.79 Å². The van der Waals surface area contributed by atoms with Crippen LogP contribution in [-0.4, -0.2) is 78.4 Å². The van der Waals surface area contributed by atoms with Crippen LogP contribution < -0.4 is 0 Å². The van der Waals surface area contributed by atoms with Crippen molar-refractivity contribution in [3.8, 4) is 5.75 Å². The summed E-state index contributed by atoms with van der Waals surface area (Å²) in [6.07, 6.45) is 0. The highest BCUT2D eigenvalue weighted by atomic mass is 35.5. The molecule has 0 spiro atoms. The Kier molecular flexibility index (Phi) is 7.80. The molecule has 0 saturated carbocycles. The minimum atomic E-state index is 0. The molecule has 2 aromatic carbocycles. The van der Waals surface area contributed by atoms with E-state index in [2.05, 4.69) is 28.0 Å². The maximum absolute atomic E-state index is 9.87. The average Bonchev–Trinajstić information content (AvgIpc) is 2.88. The van der Waals surface area contributed by atoms with Crippen molar-refractivity contribution >= 4 is 35.7 Å². The average molecular weight is 436 g/mol. The van der Waals surface area contributed by atoms with E-state index in [1.54, 1.807) is 23.9 Å². The maximum Gasteiger partial charge on any atom is 0.137 e. The lowest BCUT2D eigenvalue weighted by Crippen LogP contribution is -2.49. The number of aliphatic hydroxyl groups excluding tert-OH is 1. The molecule has 2 aliphatic rings. The number of nitrogens with zero attached hydrogens (tertiary/aromatic N) is 3. The van der Waals surface area contributed by atoms with Crippen LogP contribution in [0.4, 0.5) is 5.69 Å². The van der Waals surface area contributed by atoms with Gasteiger partial charge >= 0.3 is 0 Å². The highest BCUT2D eigenvalue weighted by molar-refractivity contribution is 7.99. The van der Waals surface area contributed by atoms with Gasteiger partial charge in [-0.1, -0.05) is 30.0 Å². The van der Waals surface area contributed by atoms with Crippen LogP contribution in [0.5, 0.6) is 5.75 Å². The summed E-state index contributed by atoms with van der Waals surface area (Å²) in [5.41, 5.74) is 2.04. The molecule has 2 heterocycles. The summed E-state index contributed by atoms with van der Waals surface area (Å²) in [4.78, 5) is 11.9. The SMILES string of the molecule is Cl.OCCOCCN1CCN(C2=Nc3ccc(O)cc3Sc3ccccc32)CC1. The van der Waals surface area contributed by atoms with Crippen LogP contribution in [0.15, 0.2) is 57.2 Å². The zero-order chi connectivity index (χ0) is 19.3. The summed E-state index contributed by atoms with van der Waals surface area (Å²) in [6, 6.07) is 13.7. The highest BCUT2D eigenvalue weighted by Crippen LogP contribution is 2.42. The third-order valence-corrected chi connectivity index (χ3v) is 6.10. The lowest BCUT2D eigenvalue weighted by Gasteiger charge is -2.36. The predicted octanol–water partition coefficient (Wildman–Crippen LogP) is 2.98. The number of phenolic OH excluding ortho intramolecular Hbond substituents is 1. The number of rotatable bonds is 5. The van der Waals surface area contributed by atoms with E-state index >= 15 is 0 Å². The second kappa shape index (κ2) is 10.3. The summed E-state index contributed by atoms with van der Waals surface area (Å²) < 4.78 is 5.39. The van der Waals surface area contributed by atoms with Crippen molar-refractivity contribution in [2.75, 3.05) is 52.5 Å². The molecule has 6 nitrogen and oxygen atoms in total. The van der Waals surface area contributed by atoms with Crippen LogP contribution in [0.1, 0.15) is 5.56 Å². The number of piperazine rings is 1. The first kappa shape index (κ1) is 21.9. The quantitative estimate of drug-likeness (QED) is 0.704. The molecule has 0 unspecified atom stereocenters. The van der Waals surface area contributed by atoms with Crippen molar-refractivity contribution in [3.63, 3.8) is 0 Å². The molecule has 0 aliphatic carbocycles. The Morgan fingerprint density at radius 2 is 1.79 bits per heavy atom. The molecule has 8 heteroatoms. The molecular weight excluding hydrogens is 410 g/mol. The molecule has 2 N–H and O–H groups in total. The molecule has 0 amide bonds. The molecule has 4 rings (SSSR count). The largest absolute Gasteiger partial charge is 0.508 e. The van der Waals surface area contributed by atoms with Crippen LogP contribution in [-0.2, 0) is 4.74 Å². The molecule has 0 aromatic heterocycles. The number of ether oxygens (including phenoxy) is 1. The number of hydrogen-bond donors (Lipinski definition) is 2. The molecule has 0 radical (unpaired) electrons. The summed E-state index contributed by atoms with van der Waals surface area (Å²) >= 11 is 1.65. The number of aromatic hydroxyl groups is 1. The van der Waals surface area contributed by atoms with Crippen LogP contribution in [0, 0.1) is 0 Å². The van der Waals surface area contributed by atoms with Crippen LogP contribution in [0.2, 0.25) is 0 Å². The second-order valence-electron chi connectivity index (χ2n) is 6.85. The fourth-order valence-corrected chi connectivity index (χ4v) is 4.55. The molecule has 0 bridgehead atoms. The summed E-state index contributed by atoms with van der Waals surface area (Å²) in [7, 11) is 0. The number of phenols is 1. The van der Waals surface area contributed by atoms with Gasteiger partial charge in [-0.3, -0.25) is 4.90 Å². The predicted molar refractivity (Wildman–Crippen MR) is 118 cm³/mol. The molecule has 0 atom stereocenters. The van der Waals surface area contributed by atoms with Crippen molar-refractivity contribution < 1.29 is 14.9 Å². The minimum absolute atomic E-state index is 0. The fraction of sp³-hybridized carbons (Fsp3) is 0.381. The molecule has 29 heavy (non-hydrogen) atoms. The maximum atomic E-state index is 9.87. The Morgan fingerprint density at radius 3 is 2.59 bits per heavy atom. The number of aliphatic hydroxyl groups is 1. The van der Waals surface area contributed by atoms with Gasteiger partial charge in [-0.25, -0.2) is 4.99 Å². The number of amidine groups is 1. The Hall–Kier alpha value is -1.77. The molecular formula is C21H26ClN3O3S. The lowest BCUT2D eigenvalue weighted by atomic mass is 10.1. The molecule has 1 saturated heterocycles. The van der Waals surface area contributed by atoms with Gasteiger partial charge in [-0.2, -0.15) is 0 Å². The summed E-state index contributed by atoms with van der Waals surface area (Å²) in [5, 5.41) is 18.7. The zero-order valence-electron chi connectivity index (χ0n) is 16.2. The first-order chi connectivity index (χ1) is 13.7. The van der Waals surface area contributed by atoms with Gasteiger partial charge in [0.1, 0.15) is 11.6 Å². The smallest absolute Gasteiger partial charge is 0.137 e. The van der Waals surface area contributed by atoms with Gasteiger partial charge in [-0.05, 0) is 24.3 Å². The Morgan fingerprint density at radius 1 is 1.00 bits per heavy atom. The van der Waals surface area contributed by atoms with Gasteiger partial charge in [0.25, 0.3) is 0 Å². The van der Waals surface area contributed by atoms with E-state index < -0.39 is 0 Å².